The van der Waals surface area contributed by atoms with Crippen molar-refractivity contribution in [1.29, 1.82) is 0 Å². The van der Waals surface area contributed by atoms with E-state index in [1.807, 2.05) is 26.0 Å². The molecule has 152 valence electrons. The van der Waals surface area contributed by atoms with Gasteiger partial charge in [-0.1, -0.05) is 48.0 Å². The van der Waals surface area contributed by atoms with Gasteiger partial charge in [0, 0.05) is 36.6 Å². The summed E-state index contributed by atoms with van der Waals surface area (Å²) in [6.07, 6.45) is 0. The molecule has 0 aliphatic carbocycles. The second-order valence-corrected chi connectivity index (χ2v) is 7.88. The minimum absolute atomic E-state index is 0.421. The van der Waals surface area contributed by atoms with Crippen molar-refractivity contribution in [3.05, 3.63) is 92.8 Å². The molecule has 0 amide bonds. The van der Waals surface area contributed by atoms with Gasteiger partial charge in [0.25, 0.3) is 0 Å². The van der Waals surface area contributed by atoms with E-state index >= 15 is 0 Å². The van der Waals surface area contributed by atoms with E-state index in [0.29, 0.717) is 25.2 Å². The standard InChI is InChI=1S/C25H30N2O2/c1-16-10-11-18(3)22(12-16)15-27-19(4)23(24(20(27)5)25(28)29)14-26-13-21-9-7-6-8-17(21)2/h6-12,26H,13-15H2,1-5H3,(H,28,29). The summed E-state index contributed by atoms with van der Waals surface area (Å²) >= 11 is 0. The Bertz CT molecular complexity index is 1050. The van der Waals surface area contributed by atoms with Gasteiger partial charge in [-0.15, -0.1) is 0 Å². The lowest BCUT2D eigenvalue weighted by Crippen LogP contribution is -2.16. The minimum atomic E-state index is -0.863. The molecule has 0 fully saturated rings. The Hall–Kier alpha value is -2.85. The van der Waals surface area contributed by atoms with Gasteiger partial charge in [0.15, 0.2) is 0 Å². The molecule has 0 atom stereocenters. The number of carbonyl (C=O) groups is 1. The molecule has 0 radical (unpaired) electrons. The zero-order valence-electron chi connectivity index (χ0n) is 18.0. The van der Waals surface area contributed by atoms with Crippen molar-refractivity contribution in [2.75, 3.05) is 0 Å². The van der Waals surface area contributed by atoms with Gasteiger partial charge in [-0.05, 0) is 56.9 Å². The molecule has 0 spiro atoms. The monoisotopic (exact) mass is 390 g/mol. The van der Waals surface area contributed by atoms with Crippen molar-refractivity contribution in [2.45, 2.75) is 54.3 Å². The van der Waals surface area contributed by atoms with Crippen molar-refractivity contribution in [3.63, 3.8) is 0 Å². The van der Waals surface area contributed by atoms with E-state index in [1.54, 1.807) is 0 Å². The average molecular weight is 391 g/mol. The maximum Gasteiger partial charge on any atom is 0.337 e. The molecule has 4 nitrogen and oxygen atoms in total. The maximum atomic E-state index is 12.0. The number of rotatable bonds is 7. The van der Waals surface area contributed by atoms with Crippen LogP contribution in [-0.2, 0) is 19.6 Å². The topological polar surface area (TPSA) is 54.3 Å². The summed E-state index contributed by atoms with van der Waals surface area (Å²) in [5, 5.41) is 13.3. The van der Waals surface area contributed by atoms with Gasteiger partial charge < -0.3 is 15.0 Å². The molecule has 0 bridgehead atoms. The highest BCUT2D eigenvalue weighted by Crippen LogP contribution is 2.25. The van der Waals surface area contributed by atoms with E-state index < -0.39 is 5.97 Å². The number of aromatic carboxylic acids is 1. The molecule has 4 heteroatoms. The smallest absolute Gasteiger partial charge is 0.337 e. The van der Waals surface area contributed by atoms with Crippen LogP contribution in [0, 0.1) is 34.6 Å². The first-order chi connectivity index (χ1) is 13.8. The first kappa shape index (κ1) is 20.9. The molecule has 1 heterocycles. The number of aromatic nitrogens is 1. The van der Waals surface area contributed by atoms with Gasteiger partial charge >= 0.3 is 5.97 Å². The van der Waals surface area contributed by atoms with Crippen LogP contribution in [0.4, 0.5) is 0 Å². The fourth-order valence-electron chi connectivity index (χ4n) is 3.96. The summed E-state index contributed by atoms with van der Waals surface area (Å²) < 4.78 is 2.13. The highest BCUT2D eigenvalue weighted by atomic mass is 16.4. The molecule has 3 aromatic rings. The molecule has 0 aliphatic rings. The average Bonchev–Trinajstić information content (AvgIpc) is 2.90. The summed E-state index contributed by atoms with van der Waals surface area (Å²) in [5.41, 5.74) is 9.24. The van der Waals surface area contributed by atoms with Crippen LogP contribution in [0.1, 0.15) is 55.1 Å². The molecular formula is C25H30N2O2. The number of benzene rings is 2. The largest absolute Gasteiger partial charge is 0.478 e. The molecule has 1 aromatic heterocycles. The molecule has 3 rings (SSSR count). The third-order valence-corrected chi connectivity index (χ3v) is 5.84. The molecule has 0 saturated carbocycles. The molecule has 0 aliphatic heterocycles. The zero-order valence-corrected chi connectivity index (χ0v) is 18.0. The Balaban J connectivity index is 1.89. The molecule has 0 unspecified atom stereocenters. The summed E-state index contributed by atoms with van der Waals surface area (Å²) in [6.45, 7) is 12.1. The SMILES string of the molecule is Cc1ccc(C)c(Cn2c(C)c(CNCc3ccccc3C)c(C(=O)O)c2C)c1. The first-order valence-electron chi connectivity index (χ1n) is 10.0. The van der Waals surface area contributed by atoms with Gasteiger partial charge in [0.2, 0.25) is 0 Å². The normalized spacial score (nSPS) is 11.1. The van der Waals surface area contributed by atoms with Crippen molar-refractivity contribution in [1.82, 2.24) is 9.88 Å². The lowest BCUT2D eigenvalue weighted by atomic mass is 10.1. The molecule has 0 saturated heterocycles. The van der Waals surface area contributed by atoms with Gasteiger partial charge in [0.1, 0.15) is 0 Å². The fraction of sp³-hybridized carbons (Fsp3) is 0.320. The quantitative estimate of drug-likeness (QED) is 0.592. The van der Waals surface area contributed by atoms with Crippen LogP contribution in [-0.4, -0.2) is 15.6 Å². The number of carboxylic acids is 1. The molecule has 2 aromatic carbocycles. The number of hydrogen-bond acceptors (Lipinski definition) is 2. The Morgan fingerprint density at radius 1 is 0.897 bits per heavy atom. The summed E-state index contributed by atoms with van der Waals surface area (Å²) in [7, 11) is 0. The predicted molar refractivity (Wildman–Crippen MR) is 118 cm³/mol. The highest BCUT2D eigenvalue weighted by molar-refractivity contribution is 5.91. The van der Waals surface area contributed by atoms with Crippen LogP contribution >= 0.6 is 0 Å². The lowest BCUT2D eigenvalue weighted by molar-refractivity contribution is 0.0694. The first-order valence-corrected chi connectivity index (χ1v) is 10.0. The number of hydrogen-bond donors (Lipinski definition) is 2. The van der Waals surface area contributed by atoms with Crippen molar-refractivity contribution in [2.24, 2.45) is 0 Å². The van der Waals surface area contributed by atoms with Crippen molar-refractivity contribution in [3.8, 4) is 0 Å². The van der Waals surface area contributed by atoms with Crippen LogP contribution < -0.4 is 5.32 Å². The van der Waals surface area contributed by atoms with Crippen molar-refractivity contribution < 1.29 is 9.90 Å². The van der Waals surface area contributed by atoms with Crippen LogP contribution in [0.5, 0.6) is 0 Å². The number of nitrogens with zero attached hydrogens (tertiary/aromatic N) is 1. The second-order valence-electron chi connectivity index (χ2n) is 7.88. The van der Waals surface area contributed by atoms with Gasteiger partial charge in [-0.25, -0.2) is 4.79 Å². The van der Waals surface area contributed by atoms with Crippen LogP contribution in [0.2, 0.25) is 0 Å². The predicted octanol–water partition coefficient (Wildman–Crippen LogP) is 5.07. The Morgan fingerprint density at radius 3 is 2.28 bits per heavy atom. The van der Waals surface area contributed by atoms with E-state index in [0.717, 1.165) is 17.0 Å². The van der Waals surface area contributed by atoms with Crippen LogP contribution in [0.3, 0.4) is 0 Å². The van der Waals surface area contributed by atoms with E-state index in [9.17, 15) is 9.90 Å². The highest BCUT2D eigenvalue weighted by Gasteiger charge is 2.22. The summed E-state index contributed by atoms with van der Waals surface area (Å²) in [4.78, 5) is 12.0. The van der Waals surface area contributed by atoms with Crippen molar-refractivity contribution >= 4 is 5.97 Å². The number of nitrogens with one attached hydrogen (secondary N) is 1. The molecule has 29 heavy (non-hydrogen) atoms. The third kappa shape index (κ3) is 4.43. The van der Waals surface area contributed by atoms with E-state index in [2.05, 4.69) is 61.0 Å². The van der Waals surface area contributed by atoms with E-state index in [1.165, 1.54) is 27.8 Å². The number of aryl methyl sites for hydroxylation is 3. The zero-order chi connectivity index (χ0) is 21.1. The van der Waals surface area contributed by atoms with E-state index in [-0.39, 0.29) is 0 Å². The van der Waals surface area contributed by atoms with Crippen LogP contribution in [0.15, 0.2) is 42.5 Å². The van der Waals surface area contributed by atoms with E-state index in [4.69, 9.17) is 0 Å². The molecule has 2 N–H and O–H groups in total. The van der Waals surface area contributed by atoms with Gasteiger partial charge in [-0.2, -0.15) is 0 Å². The van der Waals surface area contributed by atoms with Crippen LogP contribution in [0.25, 0.3) is 0 Å². The van der Waals surface area contributed by atoms with Gasteiger partial charge in [0.05, 0.1) is 5.56 Å². The summed E-state index contributed by atoms with van der Waals surface area (Å²) in [6, 6.07) is 14.7. The Kier molecular flexibility index (Phi) is 6.23. The second kappa shape index (κ2) is 8.66. The fourth-order valence-corrected chi connectivity index (χ4v) is 3.96. The number of carboxylic acid groups (broad SMARTS) is 1. The lowest BCUT2D eigenvalue weighted by Gasteiger charge is -2.13. The third-order valence-electron chi connectivity index (χ3n) is 5.84. The Morgan fingerprint density at radius 2 is 1.59 bits per heavy atom. The Labute approximate surface area is 173 Å². The minimum Gasteiger partial charge on any atom is -0.478 e. The molecular weight excluding hydrogens is 360 g/mol. The summed E-state index contributed by atoms with van der Waals surface area (Å²) in [5.74, 6) is -0.863. The van der Waals surface area contributed by atoms with Gasteiger partial charge in [-0.3, -0.25) is 0 Å². The maximum absolute atomic E-state index is 12.0.